The minimum atomic E-state index is -0.400. The minimum Gasteiger partial charge on any atom is -0.347 e. The van der Waals surface area contributed by atoms with Crippen LogP contribution in [0.25, 0.3) is 16.6 Å². The molecule has 0 aliphatic rings. The highest BCUT2D eigenvalue weighted by molar-refractivity contribution is 5.95. The molecule has 4 rings (SSSR count). The second kappa shape index (κ2) is 7.70. The van der Waals surface area contributed by atoms with E-state index >= 15 is 0 Å². The first-order chi connectivity index (χ1) is 13.7. The molecule has 2 aromatic heterocycles. The number of nitrogens with zero attached hydrogens (tertiary/aromatic N) is 5. The first-order valence-electron chi connectivity index (χ1n) is 8.67. The minimum absolute atomic E-state index is 0.247. The van der Waals surface area contributed by atoms with Gasteiger partial charge in [-0.05, 0) is 52.2 Å². The van der Waals surface area contributed by atoms with Crippen LogP contribution in [0.3, 0.4) is 0 Å². The standard InChI is InChI=1S/C19H17N7O2/c27-18(10-12-25-11-9-14-3-1-2-4-17(14)25)21-22-19(28)15-5-7-16(8-6-15)26-13-20-23-24-26/h1-9,11,13H,10,12H2,(H,21,27)(H,22,28). The average molecular weight is 375 g/mol. The molecule has 0 radical (unpaired) electrons. The van der Waals surface area contributed by atoms with Crippen LogP contribution in [-0.4, -0.2) is 36.6 Å². The fraction of sp³-hybridized carbons (Fsp3) is 0.105. The number of amides is 2. The van der Waals surface area contributed by atoms with Crippen molar-refractivity contribution in [2.75, 3.05) is 0 Å². The smallest absolute Gasteiger partial charge is 0.269 e. The summed E-state index contributed by atoms with van der Waals surface area (Å²) in [6, 6.07) is 16.7. The first-order valence-corrected chi connectivity index (χ1v) is 8.67. The molecule has 0 saturated heterocycles. The molecule has 0 spiro atoms. The lowest BCUT2D eigenvalue weighted by molar-refractivity contribution is -0.122. The number of aromatic nitrogens is 5. The molecule has 140 valence electrons. The zero-order valence-electron chi connectivity index (χ0n) is 14.8. The Morgan fingerprint density at radius 1 is 0.964 bits per heavy atom. The lowest BCUT2D eigenvalue weighted by Crippen LogP contribution is -2.41. The number of hydrogen-bond acceptors (Lipinski definition) is 5. The molecule has 0 aliphatic carbocycles. The van der Waals surface area contributed by atoms with E-state index < -0.39 is 5.91 Å². The summed E-state index contributed by atoms with van der Waals surface area (Å²) in [6.07, 6.45) is 3.66. The van der Waals surface area contributed by atoms with Gasteiger partial charge in [0.25, 0.3) is 5.91 Å². The van der Waals surface area contributed by atoms with E-state index in [0.717, 1.165) is 16.6 Å². The highest BCUT2D eigenvalue weighted by Crippen LogP contribution is 2.15. The van der Waals surface area contributed by atoms with Crippen LogP contribution in [-0.2, 0) is 11.3 Å². The fourth-order valence-corrected chi connectivity index (χ4v) is 2.86. The summed E-state index contributed by atoms with van der Waals surface area (Å²) < 4.78 is 3.49. The van der Waals surface area contributed by atoms with Crippen LogP contribution in [0, 0.1) is 0 Å². The Kier molecular flexibility index (Phi) is 4.79. The Hall–Kier alpha value is -4.01. The molecule has 0 aliphatic heterocycles. The molecular formula is C19H17N7O2. The van der Waals surface area contributed by atoms with E-state index in [1.807, 2.05) is 41.1 Å². The zero-order valence-corrected chi connectivity index (χ0v) is 14.8. The second-order valence-corrected chi connectivity index (χ2v) is 6.12. The molecule has 28 heavy (non-hydrogen) atoms. The van der Waals surface area contributed by atoms with E-state index in [0.29, 0.717) is 12.1 Å². The predicted octanol–water partition coefficient (Wildman–Crippen LogP) is 1.47. The zero-order chi connectivity index (χ0) is 19.3. The molecule has 2 aromatic carbocycles. The number of fused-ring (bicyclic) bond motifs is 1. The molecule has 0 bridgehead atoms. The molecule has 0 saturated carbocycles. The van der Waals surface area contributed by atoms with Gasteiger partial charge in [0.1, 0.15) is 6.33 Å². The second-order valence-electron chi connectivity index (χ2n) is 6.12. The van der Waals surface area contributed by atoms with Gasteiger partial charge in [-0.2, -0.15) is 0 Å². The summed E-state index contributed by atoms with van der Waals surface area (Å²) in [5, 5.41) is 12.0. The number of aryl methyl sites for hydroxylation is 1. The van der Waals surface area contributed by atoms with Gasteiger partial charge in [-0.3, -0.25) is 20.4 Å². The van der Waals surface area contributed by atoms with Crippen molar-refractivity contribution < 1.29 is 9.59 Å². The summed E-state index contributed by atoms with van der Waals surface area (Å²) in [6.45, 7) is 0.524. The Bertz CT molecular complexity index is 1100. The van der Waals surface area contributed by atoms with Gasteiger partial charge in [0, 0.05) is 30.2 Å². The van der Waals surface area contributed by atoms with Crippen LogP contribution >= 0.6 is 0 Å². The molecule has 2 heterocycles. The Balaban J connectivity index is 1.29. The molecule has 4 aromatic rings. The molecule has 2 N–H and O–H groups in total. The lowest BCUT2D eigenvalue weighted by atomic mass is 10.2. The number of tetrazole rings is 1. The fourth-order valence-electron chi connectivity index (χ4n) is 2.86. The van der Waals surface area contributed by atoms with Crippen molar-refractivity contribution in [3.05, 3.63) is 72.7 Å². The van der Waals surface area contributed by atoms with Crippen LogP contribution in [0.1, 0.15) is 16.8 Å². The number of rotatable bonds is 5. The van der Waals surface area contributed by atoms with E-state index in [4.69, 9.17) is 0 Å². The van der Waals surface area contributed by atoms with Crippen molar-refractivity contribution in [2.45, 2.75) is 13.0 Å². The SMILES string of the molecule is O=C(CCn1ccc2ccccc21)NNC(=O)c1ccc(-n2cnnn2)cc1. The van der Waals surface area contributed by atoms with E-state index in [1.165, 1.54) is 11.0 Å². The van der Waals surface area contributed by atoms with Gasteiger partial charge in [-0.1, -0.05) is 18.2 Å². The summed E-state index contributed by atoms with van der Waals surface area (Å²) in [5.41, 5.74) is 7.08. The number of hydrogen-bond donors (Lipinski definition) is 2. The quantitative estimate of drug-likeness (QED) is 0.514. The number of carbonyl (C=O) groups excluding carboxylic acids is 2. The molecular weight excluding hydrogens is 358 g/mol. The lowest BCUT2D eigenvalue weighted by Gasteiger charge is -2.09. The van der Waals surface area contributed by atoms with Gasteiger partial charge in [0.15, 0.2) is 0 Å². The Morgan fingerprint density at radius 2 is 1.79 bits per heavy atom. The summed E-state index contributed by atoms with van der Waals surface area (Å²) in [4.78, 5) is 24.2. The van der Waals surface area contributed by atoms with Gasteiger partial charge >= 0.3 is 0 Å². The third-order valence-electron chi connectivity index (χ3n) is 4.32. The largest absolute Gasteiger partial charge is 0.347 e. The molecule has 9 nitrogen and oxygen atoms in total. The van der Waals surface area contributed by atoms with Crippen molar-refractivity contribution in [1.29, 1.82) is 0 Å². The van der Waals surface area contributed by atoms with Crippen LogP contribution in [0.2, 0.25) is 0 Å². The van der Waals surface area contributed by atoms with Gasteiger partial charge in [0.05, 0.1) is 5.69 Å². The first kappa shape index (κ1) is 17.4. The third-order valence-corrected chi connectivity index (χ3v) is 4.32. The van der Waals surface area contributed by atoms with Crippen molar-refractivity contribution in [2.24, 2.45) is 0 Å². The normalized spacial score (nSPS) is 10.7. The van der Waals surface area contributed by atoms with Crippen molar-refractivity contribution in [3.8, 4) is 5.69 Å². The van der Waals surface area contributed by atoms with Gasteiger partial charge < -0.3 is 4.57 Å². The van der Waals surface area contributed by atoms with Crippen LogP contribution < -0.4 is 10.9 Å². The predicted molar refractivity (Wildman–Crippen MR) is 101 cm³/mol. The number of nitrogens with one attached hydrogen (secondary N) is 2. The highest BCUT2D eigenvalue weighted by atomic mass is 16.2. The summed E-state index contributed by atoms with van der Waals surface area (Å²) in [5.74, 6) is -0.667. The highest BCUT2D eigenvalue weighted by Gasteiger charge is 2.09. The van der Waals surface area contributed by atoms with Crippen molar-refractivity contribution >= 4 is 22.7 Å². The Labute approximate surface area is 159 Å². The van der Waals surface area contributed by atoms with Crippen LogP contribution in [0.15, 0.2) is 67.1 Å². The molecule has 0 unspecified atom stereocenters. The molecule has 0 atom stereocenters. The number of benzene rings is 2. The van der Waals surface area contributed by atoms with Gasteiger partial charge in [-0.25, -0.2) is 4.68 Å². The van der Waals surface area contributed by atoms with E-state index in [9.17, 15) is 9.59 Å². The third kappa shape index (κ3) is 3.73. The van der Waals surface area contributed by atoms with E-state index in [2.05, 4.69) is 26.4 Å². The van der Waals surface area contributed by atoms with Gasteiger partial charge in [0.2, 0.25) is 5.91 Å². The number of para-hydroxylation sites is 1. The topological polar surface area (TPSA) is 107 Å². The van der Waals surface area contributed by atoms with Crippen molar-refractivity contribution in [1.82, 2.24) is 35.6 Å². The Morgan fingerprint density at radius 3 is 2.57 bits per heavy atom. The van der Waals surface area contributed by atoms with Gasteiger partial charge in [-0.15, -0.1) is 5.10 Å². The average Bonchev–Trinajstić information content (AvgIpc) is 3.41. The maximum Gasteiger partial charge on any atom is 0.269 e. The summed E-state index contributed by atoms with van der Waals surface area (Å²) >= 11 is 0. The molecule has 9 heteroatoms. The van der Waals surface area contributed by atoms with Crippen LogP contribution in [0.4, 0.5) is 0 Å². The van der Waals surface area contributed by atoms with Crippen LogP contribution in [0.5, 0.6) is 0 Å². The maximum atomic E-state index is 12.2. The molecule has 0 fully saturated rings. The number of hydrazine groups is 1. The maximum absolute atomic E-state index is 12.2. The van der Waals surface area contributed by atoms with E-state index in [1.54, 1.807) is 24.3 Å². The summed E-state index contributed by atoms with van der Waals surface area (Å²) in [7, 11) is 0. The number of carbonyl (C=O) groups is 2. The van der Waals surface area contributed by atoms with E-state index in [-0.39, 0.29) is 12.3 Å². The molecule has 2 amide bonds. The monoisotopic (exact) mass is 375 g/mol. The van der Waals surface area contributed by atoms with Crippen molar-refractivity contribution in [3.63, 3.8) is 0 Å².